The molecule has 0 saturated carbocycles. The zero-order valence-corrected chi connectivity index (χ0v) is 10.1. The third kappa shape index (κ3) is 2.91. The Bertz CT molecular complexity index is 543. The molecule has 0 spiro atoms. The van der Waals surface area contributed by atoms with E-state index in [1.165, 1.54) is 19.2 Å². The van der Waals surface area contributed by atoms with Gasteiger partial charge in [-0.15, -0.1) is 0 Å². The van der Waals surface area contributed by atoms with Crippen LogP contribution in [-0.4, -0.2) is 7.11 Å². The number of ether oxygens (including phenoxy) is 1. The molecule has 0 aliphatic carbocycles. The van der Waals surface area contributed by atoms with Gasteiger partial charge in [-0.3, -0.25) is 0 Å². The summed E-state index contributed by atoms with van der Waals surface area (Å²) in [4.78, 5) is 0. The molecular formula is C14H15FN2O. The highest BCUT2D eigenvalue weighted by molar-refractivity contribution is 5.52. The van der Waals surface area contributed by atoms with Crippen molar-refractivity contribution in [1.82, 2.24) is 0 Å². The van der Waals surface area contributed by atoms with E-state index in [0.29, 0.717) is 23.7 Å². The minimum Gasteiger partial charge on any atom is -0.497 e. The Morgan fingerprint density at radius 2 is 2.00 bits per heavy atom. The molecule has 94 valence electrons. The monoisotopic (exact) mass is 246 g/mol. The van der Waals surface area contributed by atoms with Gasteiger partial charge in [0.2, 0.25) is 0 Å². The van der Waals surface area contributed by atoms with Crippen molar-refractivity contribution in [1.29, 1.82) is 0 Å². The van der Waals surface area contributed by atoms with Crippen LogP contribution in [0.1, 0.15) is 5.56 Å². The van der Waals surface area contributed by atoms with Crippen molar-refractivity contribution < 1.29 is 9.13 Å². The third-order valence-corrected chi connectivity index (χ3v) is 2.65. The van der Waals surface area contributed by atoms with Crippen molar-refractivity contribution >= 4 is 11.4 Å². The van der Waals surface area contributed by atoms with Crippen molar-refractivity contribution in [2.45, 2.75) is 6.54 Å². The van der Waals surface area contributed by atoms with Crippen LogP contribution in [0.4, 0.5) is 15.8 Å². The first-order valence-electron chi connectivity index (χ1n) is 5.61. The highest BCUT2D eigenvalue weighted by Gasteiger charge is 2.02. The maximum Gasteiger partial charge on any atom is 0.128 e. The number of anilines is 2. The number of methoxy groups -OCH3 is 1. The molecule has 0 atom stereocenters. The zero-order valence-electron chi connectivity index (χ0n) is 10.1. The summed E-state index contributed by atoms with van der Waals surface area (Å²) >= 11 is 0. The summed E-state index contributed by atoms with van der Waals surface area (Å²) in [5.74, 6) is 0.149. The Balaban J connectivity index is 2.11. The molecule has 2 aromatic rings. The van der Waals surface area contributed by atoms with Crippen LogP contribution < -0.4 is 15.8 Å². The van der Waals surface area contributed by atoms with Crippen LogP contribution in [0.5, 0.6) is 5.75 Å². The lowest BCUT2D eigenvalue weighted by Crippen LogP contribution is -2.03. The number of nitrogens with two attached hydrogens (primary N) is 1. The minimum absolute atomic E-state index is 0.335. The highest BCUT2D eigenvalue weighted by Crippen LogP contribution is 2.21. The molecule has 0 saturated heterocycles. The Morgan fingerprint density at radius 3 is 2.72 bits per heavy atom. The summed E-state index contributed by atoms with van der Waals surface area (Å²) in [5.41, 5.74) is 8.18. The maximum absolute atomic E-state index is 13.3. The standard InChI is InChI=1S/C14H15FN2O/c1-18-13-7-11(15)6-12(8-13)17-9-10-4-2-3-5-14(10)16/h2-8,17H,9,16H2,1H3. The van der Waals surface area contributed by atoms with E-state index in [1.807, 2.05) is 24.3 Å². The molecule has 0 aliphatic heterocycles. The second kappa shape index (κ2) is 5.40. The molecular weight excluding hydrogens is 231 g/mol. The number of hydrogen-bond acceptors (Lipinski definition) is 3. The van der Waals surface area contributed by atoms with Gasteiger partial charge in [0.25, 0.3) is 0 Å². The van der Waals surface area contributed by atoms with Crippen molar-refractivity contribution in [2.24, 2.45) is 0 Å². The molecule has 2 rings (SSSR count). The molecule has 0 bridgehead atoms. The van der Waals surface area contributed by atoms with Gasteiger partial charge in [0.05, 0.1) is 7.11 Å². The first-order valence-corrected chi connectivity index (χ1v) is 5.61. The normalized spacial score (nSPS) is 10.1. The summed E-state index contributed by atoms with van der Waals surface area (Å²) in [6.45, 7) is 0.541. The van der Waals surface area contributed by atoms with E-state index in [-0.39, 0.29) is 5.82 Å². The Kier molecular flexibility index (Phi) is 3.67. The van der Waals surface area contributed by atoms with Gasteiger partial charge in [0.15, 0.2) is 0 Å². The smallest absolute Gasteiger partial charge is 0.128 e. The fourth-order valence-corrected chi connectivity index (χ4v) is 1.68. The molecule has 4 heteroatoms. The fourth-order valence-electron chi connectivity index (χ4n) is 1.68. The fraction of sp³-hybridized carbons (Fsp3) is 0.143. The molecule has 3 N–H and O–H groups in total. The van der Waals surface area contributed by atoms with Gasteiger partial charge in [-0.05, 0) is 17.7 Å². The maximum atomic E-state index is 13.3. The van der Waals surface area contributed by atoms with Gasteiger partial charge >= 0.3 is 0 Å². The predicted molar refractivity (Wildman–Crippen MR) is 71.1 cm³/mol. The lowest BCUT2D eigenvalue weighted by Gasteiger charge is -2.10. The van der Waals surface area contributed by atoms with E-state index in [0.717, 1.165) is 5.56 Å². The number of nitrogen functional groups attached to an aromatic ring is 1. The summed E-state index contributed by atoms with van der Waals surface area (Å²) in [6, 6.07) is 12.1. The molecule has 2 aromatic carbocycles. The number of nitrogens with one attached hydrogen (secondary N) is 1. The Labute approximate surface area is 105 Å². The van der Waals surface area contributed by atoms with Gasteiger partial charge in [-0.1, -0.05) is 18.2 Å². The Morgan fingerprint density at radius 1 is 1.22 bits per heavy atom. The van der Waals surface area contributed by atoms with E-state index in [9.17, 15) is 4.39 Å². The van der Waals surface area contributed by atoms with Gasteiger partial charge in [0.1, 0.15) is 11.6 Å². The van der Waals surface area contributed by atoms with Crippen LogP contribution in [-0.2, 0) is 6.54 Å². The molecule has 18 heavy (non-hydrogen) atoms. The first-order chi connectivity index (χ1) is 8.69. The van der Waals surface area contributed by atoms with Crippen LogP contribution in [0, 0.1) is 5.82 Å². The second-order valence-corrected chi connectivity index (χ2v) is 3.93. The van der Waals surface area contributed by atoms with Crippen molar-refractivity contribution in [3.8, 4) is 5.75 Å². The summed E-state index contributed by atoms with van der Waals surface area (Å²) < 4.78 is 18.3. The molecule has 0 aromatic heterocycles. The van der Waals surface area contributed by atoms with Gasteiger partial charge in [-0.2, -0.15) is 0 Å². The highest BCUT2D eigenvalue weighted by atomic mass is 19.1. The van der Waals surface area contributed by atoms with Crippen LogP contribution in [0.3, 0.4) is 0 Å². The lowest BCUT2D eigenvalue weighted by molar-refractivity contribution is 0.411. The number of benzene rings is 2. The topological polar surface area (TPSA) is 47.3 Å². The van der Waals surface area contributed by atoms with E-state index >= 15 is 0 Å². The molecule has 0 aliphatic rings. The molecule has 0 amide bonds. The van der Waals surface area contributed by atoms with Crippen molar-refractivity contribution in [3.63, 3.8) is 0 Å². The van der Waals surface area contributed by atoms with Crippen molar-refractivity contribution in [2.75, 3.05) is 18.2 Å². The molecule has 0 unspecified atom stereocenters. The quantitative estimate of drug-likeness (QED) is 0.815. The largest absolute Gasteiger partial charge is 0.497 e. The van der Waals surface area contributed by atoms with E-state index in [1.54, 1.807) is 6.07 Å². The van der Waals surface area contributed by atoms with Gasteiger partial charge in [0, 0.05) is 30.1 Å². The van der Waals surface area contributed by atoms with E-state index in [2.05, 4.69) is 5.32 Å². The average molecular weight is 246 g/mol. The number of rotatable bonds is 4. The zero-order chi connectivity index (χ0) is 13.0. The Hall–Kier alpha value is -2.23. The summed E-state index contributed by atoms with van der Waals surface area (Å²) in [5, 5.41) is 3.12. The van der Waals surface area contributed by atoms with E-state index in [4.69, 9.17) is 10.5 Å². The molecule has 0 radical (unpaired) electrons. The van der Waals surface area contributed by atoms with Crippen LogP contribution in [0.25, 0.3) is 0 Å². The number of para-hydroxylation sites is 1. The second-order valence-electron chi connectivity index (χ2n) is 3.93. The van der Waals surface area contributed by atoms with Crippen LogP contribution in [0.2, 0.25) is 0 Å². The van der Waals surface area contributed by atoms with Crippen LogP contribution in [0.15, 0.2) is 42.5 Å². The lowest BCUT2D eigenvalue weighted by atomic mass is 10.2. The molecule has 0 fully saturated rings. The molecule has 0 heterocycles. The summed E-state index contributed by atoms with van der Waals surface area (Å²) in [6.07, 6.45) is 0. The number of hydrogen-bond donors (Lipinski definition) is 2. The summed E-state index contributed by atoms with van der Waals surface area (Å²) in [7, 11) is 1.51. The van der Waals surface area contributed by atoms with Crippen molar-refractivity contribution in [3.05, 3.63) is 53.8 Å². The van der Waals surface area contributed by atoms with Crippen LogP contribution >= 0.6 is 0 Å². The third-order valence-electron chi connectivity index (χ3n) is 2.65. The predicted octanol–water partition coefficient (Wildman–Crippen LogP) is 3.03. The molecule has 3 nitrogen and oxygen atoms in total. The number of halogens is 1. The van der Waals surface area contributed by atoms with Gasteiger partial charge in [-0.25, -0.2) is 4.39 Å². The minimum atomic E-state index is -0.335. The first kappa shape index (κ1) is 12.2. The van der Waals surface area contributed by atoms with E-state index < -0.39 is 0 Å². The average Bonchev–Trinajstić information content (AvgIpc) is 2.37. The van der Waals surface area contributed by atoms with Gasteiger partial charge < -0.3 is 15.8 Å². The SMILES string of the molecule is COc1cc(F)cc(NCc2ccccc2N)c1.